The van der Waals surface area contributed by atoms with Gasteiger partial charge in [-0.3, -0.25) is 0 Å². The Morgan fingerprint density at radius 3 is 1.60 bits per heavy atom. The molecule has 0 bridgehead atoms. The van der Waals surface area contributed by atoms with E-state index in [1.807, 2.05) is 0 Å². The monoisotopic (exact) mass is 354 g/mol. The van der Waals surface area contributed by atoms with Crippen LogP contribution in [0.3, 0.4) is 0 Å². The van der Waals surface area contributed by atoms with Crippen LogP contribution in [0, 0.1) is 0 Å². The Hall–Kier alpha value is -1.87. The van der Waals surface area contributed by atoms with Crippen molar-refractivity contribution >= 4 is 27.0 Å². The van der Waals surface area contributed by atoms with Crippen LogP contribution in [-0.4, -0.2) is 40.7 Å². The van der Waals surface area contributed by atoms with E-state index in [9.17, 15) is 0 Å². The van der Waals surface area contributed by atoms with E-state index in [1.165, 1.54) is 37.9 Å². The third-order valence-electron chi connectivity index (χ3n) is 5.05. The Morgan fingerprint density at radius 1 is 0.800 bits per heavy atom. The normalized spacial score (nSPS) is 15.9. The average Bonchev–Trinajstić information content (AvgIpc) is 2.58. The molecule has 0 amide bonds. The molecule has 1 aliphatic rings. The quantitative estimate of drug-likeness (QED) is 0.722. The molecule has 2 nitrogen and oxygen atoms in total. The van der Waals surface area contributed by atoms with E-state index < -0.39 is 10.0 Å². The van der Waals surface area contributed by atoms with Crippen LogP contribution in [0.5, 0.6) is 0 Å². The Labute approximate surface area is 154 Å². The van der Waals surface area contributed by atoms with Gasteiger partial charge in [0.2, 0.25) is 0 Å². The Bertz CT molecular complexity index is 768. The van der Waals surface area contributed by atoms with Crippen LogP contribution in [0.1, 0.15) is 24.5 Å². The van der Waals surface area contributed by atoms with Gasteiger partial charge >= 0.3 is 0 Å². The molecule has 0 aliphatic carbocycles. The van der Waals surface area contributed by atoms with Crippen LogP contribution in [0.2, 0.25) is 0 Å². The van der Waals surface area contributed by atoms with Gasteiger partial charge in [-0.25, -0.2) is 0 Å². The molecule has 0 N–H and O–H groups in total. The molecule has 0 unspecified atom stereocenters. The minimum absolute atomic E-state index is 1.05. The summed E-state index contributed by atoms with van der Waals surface area (Å²) in [5.41, 5.74) is 6.79. The van der Waals surface area contributed by atoms with Crippen molar-refractivity contribution < 1.29 is 0 Å². The Balaban J connectivity index is 2.31. The van der Waals surface area contributed by atoms with E-state index in [2.05, 4.69) is 99.9 Å². The predicted molar refractivity (Wildman–Crippen MR) is 115 cm³/mol. The second-order valence-corrected chi connectivity index (χ2v) is 11.0. The first-order valence-corrected chi connectivity index (χ1v) is 11.3. The van der Waals surface area contributed by atoms with E-state index in [0.717, 1.165) is 6.42 Å². The molecule has 0 saturated carbocycles. The molecule has 134 valence electrons. The lowest BCUT2D eigenvalue weighted by atomic mass is 9.95. The average molecular weight is 355 g/mol. The van der Waals surface area contributed by atoms with Gasteiger partial charge in [-0.2, -0.15) is 10.0 Å². The van der Waals surface area contributed by atoms with Gasteiger partial charge in [-0.15, -0.1) is 0 Å². The van der Waals surface area contributed by atoms with Crippen LogP contribution in [0.25, 0.3) is 5.57 Å². The highest BCUT2D eigenvalue weighted by molar-refractivity contribution is 8.32. The fraction of sp³-hybridized carbons (Fsp3) is 0.364. The zero-order valence-corrected chi connectivity index (χ0v) is 17.4. The van der Waals surface area contributed by atoms with Crippen molar-refractivity contribution in [1.29, 1.82) is 0 Å². The summed E-state index contributed by atoms with van der Waals surface area (Å²) >= 11 is 0. The summed E-state index contributed by atoms with van der Waals surface area (Å²) in [6.07, 6.45) is 8.31. The zero-order chi connectivity index (χ0) is 18.4. The number of hydrogen-bond acceptors (Lipinski definition) is 2. The van der Waals surface area contributed by atoms with Crippen LogP contribution in [0.15, 0.2) is 52.3 Å². The number of nitrogens with zero attached hydrogens (tertiary/aromatic N) is 2. The lowest BCUT2D eigenvalue weighted by molar-refractivity contribution is 1.10. The third kappa shape index (κ3) is 2.95. The van der Waals surface area contributed by atoms with Gasteiger partial charge in [-0.1, -0.05) is 25.1 Å². The minimum atomic E-state index is -1.06. The molecule has 2 aromatic carbocycles. The van der Waals surface area contributed by atoms with Gasteiger partial charge in [0.05, 0.1) is 0 Å². The van der Waals surface area contributed by atoms with Crippen molar-refractivity contribution in [3.8, 4) is 0 Å². The second kappa shape index (κ2) is 6.45. The van der Waals surface area contributed by atoms with E-state index in [1.54, 1.807) is 0 Å². The summed E-state index contributed by atoms with van der Waals surface area (Å²) in [6, 6.07) is 13.9. The molecule has 0 radical (unpaired) electrons. The van der Waals surface area contributed by atoms with E-state index in [-0.39, 0.29) is 0 Å². The maximum atomic E-state index is 2.44. The first kappa shape index (κ1) is 17.9. The van der Waals surface area contributed by atoms with Crippen LogP contribution in [-0.2, 0) is 0 Å². The van der Waals surface area contributed by atoms with E-state index in [4.69, 9.17) is 0 Å². The van der Waals surface area contributed by atoms with Crippen molar-refractivity contribution in [3.05, 3.63) is 53.6 Å². The van der Waals surface area contributed by atoms with Gasteiger partial charge < -0.3 is 9.80 Å². The maximum absolute atomic E-state index is 2.44. The second-order valence-electron chi connectivity index (χ2n) is 7.50. The van der Waals surface area contributed by atoms with Crippen molar-refractivity contribution in [2.75, 3.05) is 50.5 Å². The number of anilines is 2. The highest BCUT2D eigenvalue weighted by atomic mass is 32.3. The summed E-state index contributed by atoms with van der Waals surface area (Å²) in [5.74, 6) is 0. The molecule has 3 rings (SSSR count). The fourth-order valence-corrected chi connectivity index (χ4v) is 6.08. The smallest absolute Gasteiger partial charge is 0.0372 e. The minimum Gasteiger partial charge on any atom is -0.378 e. The molecule has 0 spiro atoms. The van der Waals surface area contributed by atoms with E-state index >= 15 is 0 Å². The van der Waals surface area contributed by atoms with E-state index in [0.29, 0.717) is 0 Å². The van der Waals surface area contributed by atoms with Gasteiger partial charge in [0, 0.05) is 49.4 Å². The third-order valence-corrected chi connectivity index (χ3v) is 7.93. The molecule has 2 aromatic rings. The molecule has 1 heterocycles. The number of hydrogen-bond donors (Lipinski definition) is 0. The lowest BCUT2D eigenvalue weighted by Crippen LogP contribution is -2.15. The van der Waals surface area contributed by atoms with Crippen molar-refractivity contribution in [1.82, 2.24) is 0 Å². The van der Waals surface area contributed by atoms with Crippen molar-refractivity contribution in [2.24, 2.45) is 0 Å². The maximum Gasteiger partial charge on any atom is 0.0372 e. The first-order valence-electron chi connectivity index (χ1n) is 8.84. The standard InChI is InChI=1S/C22H30N2S/c1-8-9-18-19-12-10-16(23(2)3)14-21(19)25(6,7)22-15-17(24(4)5)11-13-20(18)22/h9-15H,8H2,1-7H3. The number of benzene rings is 2. The summed E-state index contributed by atoms with van der Waals surface area (Å²) in [4.78, 5) is 7.40. The van der Waals surface area contributed by atoms with Gasteiger partial charge in [-0.05, 0) is 59.9 Å². The highest BCUT2D eigenvalue weighted by Gasteiger charge is 2.32. The zero-order valence-electron chi connectivity index (χ0n) is 16.6. The SMILES string of the molecule is CCC=C1c2ccc(N(C)C)cc2S(C)(C)c2cc(N(C)C)ccc21. The van der Waals surface area contributed by atoms with Gasteiger partial charge in [0.1, 0.15) is 0 Å². The molecular formula is C22H30N2S. The van der Waals surface area contributed by atoms with Crippen molar-refractivity contribution in [3.63, 3.8) is 0 Å². The molecular weight excluding hydrogens is 324 g/mol. The van der Waals surface area contributed by atoms with Crippen LogP contribution in [0.4, 0.5) is 11.4 Å². The molecule has 0 aromatic heterocycles. The number of fused-ring (bicyclic) bond motifs is 2. The highest BCUT2D eigenvalue weighted by Crippen LogP contribution is 2.65. The lowest BCUT2D eigenvalue weighted by Gasteiger charge is -2.42. The van der Waals surface area contributed by atoms with Crippen LogP contribution >= 0.6 is 10.0 Å². The summed E-state index contributed by atoms with van der Waals surface area (Å²) in [6.45, 7) is 2.22. The topological polar surface area (TPSA) is 6.48 Å². The fourth-order valence-electron chi connectivity index (χ4n) is 3.56. The van der Waals surface area contributed by atoms with Gasteiger partial charge in [0.25, 0.3) is 0 Å². The first-order chi connectivity index (χ1) is 11.8. The summed E-state index contributed by atoms with van der Waals surface area (Å²) < 4.78 is 0. The molecule has 1 aliphatic heterocycles. The summed E-state index contributed by atoms with van der Waals surface area (Å²) in [5, 5.41) is 0. The van der Waals surface area contributed by atoms with Crippen LogP contribution < -0.4 is 9.80 Å². The van der Waals surface area contributed by atoms with Gasteiger partial charge in [0.15, 0.2) is 0 Å². The summed E-state index contributed by atoms with van der Waals surface area (Å²) in [7, 11) is 7.42. The molecule has 0 saturated heterocycles. The Morgan fingerprint density at radius 2 is 1.24 bits per heavy atom. The molecule has 25 heavy (non-hydrogen) atoms. The largest absolute Gasteiger partial charge is 0.378 e. The molecule has 0 fully saturated rings. The predicted octanol–water partition coefficient (Wildman–Crippen LogP) is 5.46. The van der Waals surface area contributed by atoms with Crippen molar-refractivity contribution in [2.45, 2.75) is 23.1 Å². The number of rotatable bonds is 3. The number of allylic oxidation sites excluding steroid dienone is 1. The molecule has 3 heteroatoms. The molecule has 0 atom stereocenters. The Kier molecular flexibility index (Phi) is 4.63.